The zero-order valence-corrected chi connectivity index (χ0v) is 18.7. The summed E-state index contributed by atoms with van der Waals surface area (Å²) >= 11 is 0. The molecule has 1 rings (SSSR count). The fourth-order valence-corrected chi connectivity index (χ4v) is 7.92. The van der Waals surface area contributed by atoms with Gasteiger partial charge in [-0.2, -0.15) is 0 Å². The minimum absolute atomic E-state index is 0.273. The molecule has 8 heteroatoms. The molecule has 1 aliphatic heterocycles. The largest absolute Gasteiger partial charge is 0.480 e. The van der Waals surface area contributed by atoms with Gasteiger partial charge in [-0.15, -0.1) is 0 Å². The second kappa shape index (κ2) is 16.3. The molecule has 1 heterocycles. The Hall–Kier alpha value is 0.340. The van der Waals surface area contributed by atoms with Crippen LogP contribution in [0, 0.1) is 0 Å². The summed E-state index contributed by atoms with van der Waals surface area (Å²) in [6, 6.07) is 0. The Morgan fingerprint density at radius 2 is 0.923 bits per heavy atom. The average molecular weight is 441 g/mol. The molecule has 26 heavy (non-hydrogen) atoms. The van der Waals surface area contributed by atoms with E-state index in [1.807, 2.05) is 0 Å². The van der Waals surface area contributed by atoms with Gasteiger partial charge in [-0.1, -0.05) is 94.5 Å². The molecule has 0 spiro atoms. The zero-order chi connectivity index (χ0) is 19.0. The summed E-state index contributed by atoms with van der Waals surface area (Å²) in [7, 11) is 6.45. The molecule has 0 amide bonds. The molecule has 152 valence electrons. The van der Waals surface area contributed by atoms with E-state index in [4.69, 9.17) is 0 Å². The Morgan fingerprint density at radius 1 is 0.577 bits per heavy atom. The molecule has 0 aliphatic carbocycles. The fourth-order valence-electron chi connectivity index (χ4n) is 2.73. The molecule has 0 bridgehead atoms. The summed E-state index contributed by atoms with van der Waals surface area (Å²) in [4.78, 5) is 22.7. The highest BCUT2D eigenvalue weighted by Gasteiger charge is 2.19. The molecule has 2 unspecified atom stereocenters. The van der Waals surface area contributed by atoms with Crippen LogP contribution < -0.4 is 0 Å². The van der Waals surface area contributed by atoms with Crippen LogP contribution >= 0.6 is 43.2 Å². The van der Waals surface area contributed by atoms with Crippen molar-refractivity contribution in [3.8, 4) is 0 Å². The lowest BCUT2D eigenvalue weighted by molar-refractivity contribution is -0.137. The topological polar surface area (TPSA) is 74.6 Å². The van der Waals surface area contributed by atoms with Crippen molar-refractivity contribution in [3.05, 3.63) is 0 Å². The highest BCUT2D eigenvalue weighted by atomic mass is 33.1. The van der Waals surface area contributed by atoms with Crippen molar-refractivity contribution in [1.29, 1.82) is 0 Å². The molecule has 1 saturated heterocycles. The van der Waals surface area contributed by atoms with E-state index in [1.54, 1.807) is 21.6 Å². The standard InChI is InChI=1S/C18H32O4S4/c19-17(20)15-11-7-3-1-5-9-13-23-26-16(18(21)22)12-8-4-2-6-10-14-24-25-15/h15-16H,1-14H2,(H,19,20)(H,21,22). The molecule has 1 aliphatic rings. The maximum atomic E-state index is 11.3. The predicted molar refractivity (Wildman–Crippen MR) is 118 cm³/mol. The Bertz CT molecular complexity index is 339. The first-order valence-corrected chi connectivity index (χ1v) is 14.4. The minimum atomic E-state index is -0.675. The van der Waals surface area contributed by atoms with Crippen LogP contribution in [0.1, 0.15) is 77.0 Å². The summed E-state index contributed by atoms with van der Waals surface area (Å²) in [5.41, 5.74) is 0. The average Bonchev–Trinajstić information content (AvgIpc) is 2.60. The van der Waals surface area contributed by atoms with Gasteiger partial charge in [0.1, 0.15) is 10.5 Å². The van der Waals surface area contributed by atoms with Crippen molar-refractivity contribution in [2.75, 3.05) is 11.5 Å². The third kappa shape index (κ3) is 12.7. The SMILES string of the molecule is O=C(O)C1CCCCCCCSSC(C(=O)O)CCCCCCCSS1. The Kier molecular flexibility index (Phi) is 15.3. The van der Waals surface area contributed by atoms with Gasteiger partial charge in [-0.25, -0.2) is 0 Å². The number of carbonyl (C=O) groups is 2. The van der Waals surface area contributed by atoms with E-state index < -0.39 is 11.9 Å². The van der Waals surface area contributed by atoms with Crippen LogP contribution in [0.4, 0.5) is 0 Å². The van der Waals surface area contributed by atoms with E-state index >= 15 is 0 Å². The quantitative estimate of drug-likeness (QED) is 0.481. The van der Waals surface area contributed by atoms with Gasteiger partial charge < -0.3 is 10.2 Å². The lowest BCUT2D eigenvalue weighted by Crippen LogP contribution is -2.15. The first kappa shape index (κ1) is 24.4. The smallest absolute Gasteiger partial charge is 0.317 e. The number of aliphatic carboxylic acids is 2. The predicted octanol–water partition coefficient (Wildman–Crippen LogP) is 6.35. The maximum Gasteiger partial charge on any atom is 0.317 e. The second-order valence-electron chi connectivity index (χ2n) is 6.60. The van der Waals surface area contributed by atoms with Crippen molar-refractivity contribution >= 4 is 55.1 Å². The van der Waals surface area contributed by atoms with Crippen LogP contribution in [0.5, 0.6) is 0 Å². The highest BCUT2D eigenvalue weighted by molar-refractivity contribution is 8.77. The van der Waals surface area contributed by atoms with Gasteiger partial charge in [0.15, 0.2) is 0 Å². The van der Waals surface area contributed by atoms with E-state index in [-0.39, 0.29) is 10.5 Å². The van der Waals surface area contributed by atoms with Gasteiger partial charge in [0.05, 0.1) is 0 Å². The van der Waals surface area contributed by atoms with Crippen LogP contribution in [0.3, 0.4) is 0 Å². The van der Waals surface area contributed by atoms with Crippen LogP contribution in [0.2, 0.25) is 0 Å². The Morgan fingerprint density at radius 3 is 1.31 bits per heavy atom. The van der Waals surface area contributed by atoms with Crippen molar-refractivity contribution in [1.82, 2.24) is 0 Å². The number of hydrogen-bond acceptors (Lipinski definition) is 6. The van der Waals surface area contributed by atoms with Gasteiger partial charge in [0.2, 0.25) is 0 Å². The van der Waals surface area contributed by atoms with Crippen molar-refractivity contribution in [2.24, 2.45) is 0 Å². The third-order valence-electron chi connectivity index (χ3n) is 4.31. The van der Waals surface area contributed by atoms with Gasteiger partial charge in [-0.05, 0) is 25.7 Å². The van der Waals surface area contributed by atoms with Crippen molar-refractivity contribution < 1.29 is 19.8 Å². The van der Waals surface area contributed by atoms with E-state index in [0.717, 1.165) is 88.6 Å². The normalized spacial score (nSPS) is 26.6. The van der Waals surface area contributed by atoms with Crippen LogP contribution in [0.25, 0.3) is 0 Å². The first-order chi connectivity index (χ1) is 12.6. The summed E-state index contributed by atoms with van der Waals surface area (Å²) in [6.45, 7) is 0. The number of carboxylic acid groups (broad SMARTS) is 2. The first-order valence-electron chi connectivity index (χ1n) is 9.63. The lowest BCUT2D eigenvalue weighted by Gasteiger charge is -2.12. The zero-order valence-electron chi connectivity index (χ0n) is 15.4. The molecule has 0 aromatic rings. The van der Waals surface area contributed by atoms with Gasteiger partial charge in [0, 0.05) is 11.5 Å². The Labute approximate surface area is 173 Å². The molecular formula is C18H32O4S4. The molecular weight excluding hydrogens is 408 g/mol. The van der Waals surface area contributed by atoms with Gasteiger partial charge >= 0.3 is 11.9 Å². The third-order valence-corrected chi connectivity index (χ3v) is 10.0. The fraction of sp³-hybridized carbons (Fsp3) is 0.889. The second-order valence-corrected chi connectivity index (χ2v) is 12.0. The van der Waals surface area contributed by atoms with Crippen LogP contribution in [0.15, 0.2) is 0 Å². The molecule has 0 saturated carbocycles. The van der Waals surface area contributed by atoms with E-state index in [2.05, 4.69) is 0 Å². The molecule has 0 aromatic carbocycles. The lowest BCUT2D eigenvalue weighted by atomic mass is 10.1. The minimum Gasteiger partial charge on any atom is -0.480 e. The number of rotatable bonds is 2. The summed E-state index contributed by atoms with van der Waals surface area (Å²) in [5, 5.41) is 18.1. The van der Waals surface area contributed by atoms with E-state index in [0.29, 0.717) is 0 Å². The monoisotopic (exact) mass is 440 g/mol. The van der Waals surface area contributed by atoms with Crippen LogP contribution in [-0.4, -0.2) is 44.2 Å². The molecule has 4 nitrogen and oxygen atoms in total. The van der Waals surface area contributed by atoms with Crippen molar-refractivity contribution in [3.63, 3.8) is 0 Å². The molecule has 1 fully saturated rings. The Balaban J connectivity index is 2.36. The molecule has 2 atom stereocenters. The van der Waals surface area contributed by atoms with Crippen LogP contribution in [-0.2, 0) is 9.59 Å². The highest BCUT2D eigenvalue weighted by Crippen LogP contribution is 2.33. The van der Waals surface area contributed by atoms with Gasteiger partial charge in [0.25, 0.3) is 0 Å². The summed E-state index contributed by atoms with van der Waals surface area (Å²) in [5.74, 6) is 0.647. The van der Waals surface area contributed by atoms with E-state index in [1.165, 1.54) is 21.6 Å². The molecule has 0 aromatic heterocycles. The van der Waals surface area contributed by atoms with E-state index in [9.17, 15) is 19.8 Å². The number of carboxylic acids is 2. The summed E-state index contributed by atoms with van der Waals surface area (Å²) in [6.07, 6.45) is 12.4. The van der Waals surface area contributed by atoms with Gasteiger partial charge in [-0.3, -0.25) is 9.59 Å². The number of hydrogen-bond donors (Lipinski definition) is 2. The molecule has 0 radical (unpaired) electrons. The maximum absolute atomic E-state index is 11.3. The molecule has 2 N–H and O–H groups in total. The van der Waals surface area contributed by atoms with Crippen molar-refractivity contribution in [2.45, 2.75) is 87.5 Å². The summed E-state index contributed by atoms with van der Waals surface area (Å²) < 4.78 is 0.